The first-order valence-corrected chi connectivity index (χ1v) is 6.61. The summed E-state index contributed by atoms with van der Waals surface area (Å²) >= 11 is 0. The number of nitrogens with two attached hydrogens (primary N) is 1. The maximum absolute atomic E-state index is 6.20. The molecule has 5 nitrogen and oxygen atoms in total. The van der Waals surface area contributed by atoms with Gasteiger partial charge in [-0.3, -0.25) is 4.68 Å². The average molecular weight is 252 g/mol. The zero-order valence-corrected chi connectivity index (χ0v) is 11.8. The minimum Gasteiger partial charge on any atom is -0.394 e. The Balaban J connectivity index is 2.23. The number of hydrogen-bond donors (Lipinski definition) is 2. The fraction of sp³-hybridized carbons (Fsp3) is 0.769. The van der Waals surface area contributed by atoms with Crippen molar-refractivity contribution in [2.75, 3.05) is 24.3 Å². The van der Waals surface area contributed by atoms with Crippen LogP contribution in [0.2, 0.25) is 0 Å². The molecule has 18 heavy (non-hydrogen) atoms. The quantitative estimate of drug-likeness (QED) is 0.864. The van der Waals surface area contributed by atoms with E-state index < -0.39 is 0 Å². The Bertz CT molecular complexity index is 419. The van der Waals surface area contributed by atoms with Crippen LogP contribution >= 0.6 is 0 Å². The molecule has 0 aliphatic carbocycles. The van der Waals surface area contributed by atoms with Crippen LogP contribution in [0.15, 0.2) is 0 Å². The van der Waals surface area contributed by atoms with Crippen LogP contribution in [-0.2, 0) is 11.8 Å². The first kappa shape index (κ1) is 13.2. The predicted molar refractivity (Wildman–Crippen MR) is 73.8 cm³/mol. The van der Waals surface area contributed by atoms with E-state index in [2.05, 4.69) is 31.2 Å². The highest BCUT2D eigenvalue weighted by Gasteiger charge is 2.29. The molecule has 0 saturated carbocycles. The van der Waals surface area contributed by atoms with E-state index in [0.717, 1.165) is 43.3 Å². The molecule has 1 aliphatic heterocycles. The first-order valence-electron chi connectivity index (χ1n) is 6.61. The van der Waals surface area contributed by atoms with Gasteiger partial charge in [0, 0.05) is 25.8 Å². The van der Waals surface area contributed by atoms with Crippen molar-refractivity contribution in [2.24, 2.45) is 7.05 Å². The molecule has 2 rings (SSSR count). The summed E-state index contributed by atoms with van der Waals surface area (Å²) in [6.07, 6.45) is 1.99. The molecular weight excluding hydrogens is 228 g/mol. The van der Waals surface area contributed by atoms with Crippen LogP contribution in [-0.4, -0.2) is 28.5 Å². The molecule has 1 fully saturated rings. The number of aromatic nitrogens is 2. The van der Waals surface area contributed by atoms with Gasteiger partial charge in [0.2, 0.25) is 0 Å². The highest BCUT2D eigenvalue weighted by molar-refractivity contribution is 5.66. The number of nitrogens with zero attached hydrogens (tertiary/aromatic N) is 2. The summed E-state index contributed by atoms with van der Waals surface area (Å²) in [7, 11) is 1.94. The second-order valence-corrected chi connectivity index (χ2v) is 5.72. The van der Waals surface area contributed by atoms with Gasteiger partial charge in [0.15, 0.2) is 0 Å². The van der Waals surface area contributed by atoms with E-state index in [4.69, 9.17) is 10.5 Å². The number of anilines is 2. The molecule has 0 spiro atoms. The van der Waals surface area contributed by atoms with Gasteiger partial charge >= 0.3 is 0 Å². The molecule has 102 valence electrons. The molecule has 0 aromatic carbocycles. The molecule has 0 bridgehead atoms. The van der Waals surface area contributed by atoms with Crippen molar-refractivity contribution < 1.29 is 4.74 Å². The highest BCUT2D eigenvalue weighted by Crippen LogP contribution is 2.32. The Morgan fingerprint density at radius 3 is 2.50 bits per heavy atom. The number of hydrogen-bond acceptors (Lipinski definition) is 4. The largest absolute Gasteiger partial charge is 0.394 e. The van der Waals surface area contributed by atoms with Crippen molar-refractivity contribution in [3.05, 3.63) is 5.69 Å². The van der Waals surface area contributed by atoms with Gasteiger partial charge in [-0.15, -0.1) is 0 Å². The van der Waals surface area contributed by atoms with E-state index in [9.17, 15) is 0 Å². The summed E-state index contributed by atoms with van der Waals surface area (Å²) in [5, 5.41) is 8.07. The monoisotopic (exact) mass is 252 g/mol. The minimum atomic E-state index is 0.0500. The van der Waals surface area contributed by atoms with Gasteiger partial charge in [0.25, 0.3) is 0 Å². The number of nitrogens with one attached hydrogen (secondary N) is 1. The predicted octanol–water partition coefficient (Wildman–Crippen LogP) is 2.11. The Morgan fingerprint density at radius 2 is 2.00 bits per heavy atom. The van der Waals surface area contributed by atoms with Crippen LogP contribution < -0.4 is 11.1 Å². The molecule has 0 amide bonds. The lowest BCUT2D eigenvalue weighted by Gasteiger charge is -2.35. The smallest absolute Gasteiger partial charge is 0.148 e. The van der Waals surface area contributed by atoms with Crippen LogP contribution in [0.5, 0.6) is 0 Å². The molecular formula is C13H24N4O. The summed E-state index contributed by atoms with van der Waals surface area (Å²) in [4.78, 5) is 0. The number of nitrogen functional groups attached to an aromatic ring is 1. The van der Waals surface area contributed by atoms with E-state index in [1.165, 1.54) is 0 Å². The van der Waals surface area contributed by atoms with Gasteiger partial charge in [-0.25, -0.2) is 0 Å². The molecule has 3 N–H and O–H groups in total. The molecule has 0 radical (unpaired) electrons. The van der Waals surface area contributed by atoms with Gasteiger partial charge in [-0.05, 0) is 25.7 Å². The van der Waals surface area contributed by atoms with E-state index in [-0.39, 0.29) is 5.54 Å². The number of aryl methyl sites for hydroxylation is 1. The highest BCUT2D eigenvalue weighted by atomic mass is 16.5. The SMILES string of the molecule is CC(C)c1nn(C)c(NC2(C)CCOCC2)c1N. The third-order valence-electron chi connectivity index (χ3n) is 3.68. The second-order valence-electron chi connectivity index (χ2n) is 5.72. The molecule has 0 unspecified atom stereocenters. The molecule has 1 saturated heterocycles. The molecule has 1 aromatic heterocycles. The van der Waals surface area contributed by atoms with E-state index in [0.29, 0.717) is 5.92 Å². The summed E-state index contributed by atoms with van der Waals surface area (Å²) < 4.78 is 7.27. The third kappa shape index (κ3) is 2.46. The van der Waals surface area contributed by atoms with Crippen molar-refractivity contribution in [3.63, 3.8) is 0 Å². The van der Waals surface area contributed by atoms with Crippen molar-refractivity contribution in [1.29, 1.82) is 0 Å². The summed E-state index contributed by atoms with van der Waals surface area (Å²) in [6, 6.07) is 0. The van der Waals surface area contributed by atoms with Gasteiger partial charge < -0.3 is 15.8 Å². The van der Waals surface area contributed by atoms with Crippen molar-refractivity contribution in [3.8, 4) is 0 Å². The van der Waals surface area contributed by atoms with Crippen molar-refractivity contribution >= 4 is 11.5 Å². The normalized spacial score (nSPS) is 19.2. The van der Waals surface area contributed by atoms with Crippen LogP contribution in [0.25, 0.3) is 0 Å². The number of rotatable bonds is 3. The molecule has 2 heterocycles. The maximum Gasteiger partial charge on any atom is 0.148 e. The standard InChI is InChI=1S/C13H24N4O/c1-9(2)11-10(14)12(17(4)16-11)15-13(3)5-7-18-8-6-13/h9,15H,5-8,14H2,1-4H3. The zero-order chi connectivity index (χ0) is 13.3. The summed E-state index contributed by atoms with van der Waals surface area (Å²) in [5.74, 6) is 1.28. The zero-order valence-electron chi connectivity index (χ0n) is 11.8. The lowest BCUT2D eigenvalue weighted by molar-refractivity contribution is 0.0656. The first-order chi connectivity index (χ1) is 8.43. The van der Waals surface area contributed by atoms with Crippen LogP contribution in [0.3, 0.4) is 0 Å². The lowest BCUT2D eigenvalue weighted by Crippen LogP contribution is -2.41. The molecule has 5 heteroatoms. The summed E-state index contributed by atoms with van der Waals surface area (Å²) in [6.45, 7) is 8.05. The minimum absolute atomic E-state index is 0.0500. The average Bonchev–Trinajstić information content (AvgIpc) is 2.58. The Morgan fingerprint density at radius 1 is 1.39 bits per heavy atom. The molecule has 1 aromatic rings. The second kappa shape index (κ2) is 4.80. The fourth-order valence-corrected chi connectivity index (χ4v) is 2.37. The van der Waals surface area contributed by atoms with Gasteiger partial charge in [0.05, 0.1) is 11.4 Å². The van der Waals surface area contributed by atoms with Crippen LogP contribution in [0.4, 0.5) is 11.5 Å². The Labute approximate surface area is 109 Å². The van der Waals surface area contributed by atoms with E-state index in [1.807, 2.05) is 11.7 Å². The van der Waals surface area contributed by atoms with Gasteiger partial charge in [0.1, 0.15) is 5.82 Å². The van der Waals surface area contributed by atoms with Crippen LogP contribution in [0.1, 0.15) is 45.2 Å². The van der Waals surface area contributed by atoms with E-state index in [1.54, 1.807) is 0 Å². The summed E-state index contributed by atoms with van der Waals surface area (Å²) in [5.41, 5.74) is 8.00. The topological polar surface area (TPSA) is 65.1 Å². The maximum atomic E-state index is 6.20. The van der Waals surface area contributed by atoms with Gasteiger partial charge in [-0.2, -0.15) is 5.10 Å². The van der Waals surface area contributed by atoms with E-state index >= 15 is 0 Å². The van der Waals surface area contributed by atoms with Crippen molar-refractivity contribution in [1.82, 2.24) is 9.78 Å². The molecule has 1 aliphatic rings. The third-order valence-corrected chi connectivity index (χ3v) is 3.68. The lowest BCUT2D eigenvalue weighted by atomic mass is 9.92. The fourth-order valence-electron chi connectivity index (χ4n) is 2.37. The van der Waals surface area contributed by atoms with Gasteiger partial charge in [-0.1, -0.05) is 13.8 Å². The Kier molecular flexibility index (Phi) is 3.52. The molecule has 0 atom stereocenters. The van der Waals surface area contributed by atoms with Crippen LogP contribution in [0, 0.1) is 0 Å². The van der Waals surface area contributed by atoms with Crippen molar-refractivity contribution in [2.45, 2.75) is 45.1 Å². The number of ether oxygens (including phenoxy) is 1. The Hall–Kier alpha value is -1.23.